The van der Waals surface area contributed by atoms with Gasteiger partial charge in [-0.1, -0.05) is 0 Å². The summed E-state index contributed by atoms with van der Waals surface area (Å²) in [4.78, 5) is 30.8. The Kier molecular flexibility index (Phi) is 3.32. The Morgan fingerprint density at radius 1 is 1.38 bits per heavy atom. The molecule has 0 saturated heterocycles. The lowest BCUT2D eigenvalue weighted by atomic mass is 10.3. The Hall–Kier alpha value is -2.81. The summed E-state index contributed by atoms with van der Waals surface area (Å²) < 4.78 is 1.54. The molecule has 0 saturated carbocycles. The lowest BCUT2D eigenvalue weighted by Crippen LogP contribution is -2.11. The lowest BCUT2D eigenvalue weighted by Gasteiger charge is -1.99. The second-order valence-corrected chi connectivity index (χ2v) is 4.99. The van der Waals surface area contributed by atoms with Crippen molar-refractivity contribution in [2.24, 2.45) is 0 Å². The minimum atomic E-state index is -0.966. The second-order valence-electron chi connectivity index (χ2n) is 4.13. The van der Waals surface area contributed by atoms with Gasteiger partial charge in [0.2, 0.25) is 0 Å². The molecule has 9 heteroatoms. The molecule has 0 aliphatic rings. The smallest absolute Gasteiger partial charge is 0.309 e. The molecule has 3 aromatic heterocycles. The number of aliphatic carboxylic acids is 1. The van der Waals surface area contributed by atoms with E-state index in [1.807, 2.05) is 0 Å². The molecule has 2 N–H and O–H groups in total. The number of carboxylic acids is 1. The van der Waals surface area contributed by atoms with Crippen molar-refractivity contribution < 1.29 is 14.7 Å². The van der Waals surface area contributed by atoms with E-state index in [0.29, 0.717) is 21.9 Å². The molecular weight excluding hydrogens is 294 g/mol. The summed E-state index contributed by atoms with van der Waals surface area (Å²) >= 11 is 1.17. The third-order valence-electron chi connectivity index (χ3n) is 2.67. The molecule has 1 amide bonds. The number of carbonyl (C=O) groups excluding carboxylic acids is 1. The first-order valence-corrected chi connectivity index (χ1v) is 6.76. The number of thiazole rings is 1. The number of nitrogens with one attached hydrogen (secondary N) is 1. The van der Waals surface area contributed by atoms with E-state index in [0.717, 1.165) is 0 Å². The van der Waals surface area contributed by atoms with Crippen LogP contribution in [0.5, 0.6) is 0 Å². The highest BCUT2D eigenvalue weighted by Gasteiger charge is 2.15. The van der Waals surface area contributed by atoms with E-state index in [9.17, 15) is 9.59 Å². The number of hydrogen-bond acceptors (Lipinski definition) is 6. The molecule has 0 aliphatic heterocycles. The zero-order chi connectivity index (χ0) is 14.8. The van der Waals surface area contributed by atoms with Crippen molar-refractivity contribution in [1.82, 2.24) is 19.6 Å². The first-order chi connectivity index (χ1) is 10.1. The van der Waals surface area contributed by atoms with Gasteiger partial charge in [0.15, 0.2) is 5.13 Å². The lowest BCUT2D eigenvalue weighted by molar-refractivity contribution is -0.136. The Morgan fingerprint density at radius 2 is 2.24 bits per heavy atom. The number of carboxylic acid groups (broad SMARTS) is 1. The largest absolute Gasteiger partial charge is 0.481 e. The van der Waals surface area contributed by atoms with Crippen LogP contribution in [0.15, 0.2) is 30.2 Å². The van der Waals surface area contributed by atoms with Gasteiger partial charge in [-0.3, -0.25) is 19.9 Å². The van der Waals surface area contributed by atoms with Crippen molar-refractivity contribution in [3.05, 3.63) is 41.4 Å². The van der Waals surface area contributed by atoms with E-state index < -0.39 is 5.97 Å². The van der Waals surface area contributed by atoms with E-state index in [2.05, 4.69) is 20.4 Å². The van der Waals surface area contributed by atoms with Crippen LogP contribution in [0.4, 0.5) is 5.13 Å². The van der Waals surface area contributed by atoms with Crippen LogP contribution in [0.1, 0.15) is 16.1 Å². The number of nitrogens with zero attached hydrogens (tertiary/aromatic N) is 4. The Balaban J connectivity index is 1.80. The predicted molar refractivity (Wildman–Crippen MR) is 74.4 cm³/mol. The molecule has 3 rings (SSSR count). The average Bonchev–Trinajstić information content (AvgIpc) is 3.04. The summed E-state index contributed by atoms with van der Waals surface area (Å²) in [6.07, 6.45) is 6.02. The number of rotatable bonds is 4. The molecule has 106 valence electrons. The van der Waals surface area contributed by atoms with Gasteiger partial charge in [-0.15, -0.1) is 11.3 Å². The molecule has 0 aromatic carbocycles. The molecule has 0 bridgehead atoms. The highest BCUT2D eigenvalue weighted by molar-refractivity contribution is 7.14. The number of aromatic nitrogens is 4. The van der Waals surface area contributed by atoms with Crippen LogP contribution in [-0.4, -0.2) is 36.6 Å². The van der Waals surface area contributed by atoms with Crippen molar-refractivity contribution in [3.63, 3.8) is 0 Å². The summed E-state index contributed by atoms with van der Waals surface area (Å²) in [6.45, 7) is 0. The van der Waals surface area contributed by atoms with Gasteiger partial charge in [-0.2, -0.15) is 5.10 Å². The molecule has 3 aromatic rings. The van der Waals surface area contributed by atoms with E-state index in [-0.39, 0.29) is 12.3 Å². The first kappa shape index (κ1) is 13.2. The van der Waals surface area contributed by atoms with Gasteiger partial charge >= 0.3 is 5.97 Å². The molecule has 21 heavy (non-hydrogen) atoms. The van der Waals surface area contributed by atoms with Crippen LogP contribution in [0.25, 0.3) is 5.52 Å². The predicted octanol–water partition coefficient (Wildman–Crippen LogP) is 1.07. The minimum Gasteiger partial charge on any atom is -0.481 e. The third kappa shape index (κ3) is 2.72. The molecule has 8 nitrogen and oxygen atoms in total. The fourth-order valence-electron chi connectivity index (χ4n) is 1.77. The van der Waals surface area contributed by atoms with E-state index in [1.165, 1.54) is 17.5 Å². The van der Waals surface area contributed by atoms with Crippen molar-refractivity contribution in [3.8, 4) is 0 Å². The Bertz CT molecular complexity index is 825. The molecule has 0 atom stereocenters. The van der Waals surface area contributed by atoms with Crippen LogP contribution < -0.4 is 5.32 Å². The van der Waals surface area contributed by atoms with Crippen LogP contribution in [0, 0.1) is 0 Å². The fourth-order valence-corrected chi connectivity index (χ4v) is 2.48. The highest BCUT2D eigenvalue weighted by Crippen LogP contribution is 2.18. The fraction of sp³-hybridized carbons (Fsp3) is 0.0833. The first-order valence-electron chi connectivity index (χ1n) is 5.88. The van der Waals surface area contributed by atoms with Gasteiger partial charge in [0.1, 0.15) is 0 Å². The van der Waals surface area contributed by atoms with Gasteiger partial charge in [0.25, 0.3) is 5.91 Å². The maximum atomic E-state index is 12.2. The van der Waals surface area contributed by atoms with Gasteiger partial charge in [-0.05, 0) is 0 Å². The summed E-state index contributed by atoms with van der Waals surface area (Å²) in [5.74, 6) is -1.33. The number of anilines is 1. The minimum absolute atomic E-state index is 0.174. The topological polar surface area (TPSA) is 109 Å². The molecule has 0 radical (unpaired) electrons. The summed E-state index contributed by atoms with van der Waals surface area (Å²) in [7, 11) is 0. The van der Waals surface area contributed by atoms with Gasteiger partial charge in [0.05, 0.1) is 35.6 Å². The van der Waals surface area contributed by atoms with Crippen molar-refractivity contribution in [2.45, 2.75) is 6.42 Å². The number of carbonyl (C=O) groups is 2. The number of hydrogen-bond donors (Lipinski definition) is 2. The molecule has 0 unspecified atom stereocenters. The average molecular weight is 303 g/mol. The van der Waals surface area contributed by atoms with Gasteiger partial charge < -0.3 is 5.11 Å². The zero-order valence-corrected chi connectivity index (χ0v) is 11.4. The van der Waals surface area contributed by atoms with Crippen molar-refractivity contribution >= 4 is 33.9 Å². The van der Waals surface area contributed by atoms with Crippen LogP contribution in [0.3, 0.4) is 0 Å². The molecule has 3 heterocycles. The van der Waals surface area contributed by atoms with Crippen molar-refractivity contribution in [2.75, 3.05) is 5.32 Å². The molecule has 0 spiro atoms. The molecule has 0 aliphatic carbocycles. The van der Waals surface area contributed by atoms with E-state index >= 15 is 0 Å². The quantitative estimate of drug-likeness (QED) is 0.746. The van der Waals surface area contributed by atoms with E-state index in [1.54, 1.807) is 28.5 Å². The Morgan fingerprint density at radius 3 is 3.05 bits per heavy atom. The van der Waals surface area contributed by atoms with Gasteiger partial charge in [-0.25, -0.2) is 9.50 Å². The maximum absolute atomic E-state index is 12.2. The normalized spacial score (nSPS) is 10.7. The van der Waals surface area contributed by atoms with Crippen LogP contribution >= 0.6 is 11.3 Å². The standard InChI is InChI=1S/C12H9N5O3S/c18-10(19)3-7-6-21-12(15-7)16-11(20)8-4-14-17-2-1-13-5-9(8)17/h1-2,4-6H,3H2,(H,18,19)(H,15,16,20). The highest BCUT2D eigenvalue weighted by atomic mass is 32.1. The van der Waals surface area contributed by atoms with Crippen LogP contribution in [-0.2, 0) is 11.2 Å². The Labute approximate surface area is 122 Å². The number of amides is 1. The molecule has 0 fully saturated rings. The summed E-state index contributed by atoms with van der Waals surface area (Å²) in [5, 5.41) is 17.3. The van der Waals surface area contributed by atoms with Gasteiger partial charge in [0, 0.05) is 17.8 Å². The number of fused-ring (bicyclic) bond motifs is 1. The third-order valence-corrected chi connectivity index (χ3v) is 3.48. The monoisotopic (exact) mass is 303 g/mol. The molecular formula is C12H9N5O3S. The second kappa shape index (κ2) is 5.29. The summed E-state index contributed by atoms with van der Waals surface area (Å²) in [6, 6.07) is 0. The van der Waals surface area contributed by atoms with E-state index in [4.69, 9.17) is 5.11 Å². The maximum Gasteiger partial charge on any atom is 0.309 e. The SMILES string of the molecule is O=C(O)Cc1csc(NC(=O)c2cnn3ccncc23)n1. The zero-order valence-electron chi connectivity index (χ0n) is 10.6. The van der Waals surface area contributed by atoms with Crippen LogP contribution in [0.2, 0.25) is 0 Å². The van der Waals surface area contributed by atoms with Crippen molar-refractivity contribution in [1.29, 1.82) is 0 Å². The summed E-state index contributed by atoms with van der Waals surface area (Å²) in [5.41, 5.74) is 1.36.